The van der Waals surface area contributed by atoms with Crippen molar-refractivity contribution < 1.29 is 34.1 Å². The van der Waals surface area contributed by atoms with Gasteiger partial charge in [0.25, 0.3) is 5.91 Å². The SMILES string of the molecule is NC(=O)[C@H](Cc1ccc(O)cc1)NC(=O)[C@H](CC1CCCCC1)NC(=O)[C@@H]1O[C@H]1C(=O)O. The van der Waals surface area contributed by atoms with E-state index in [4.69, 9.17) is 15.6 Å². The summed E-state index contributed by atoms with van der Waals surface area (Å²) in [6.07, 6.45) is 3.26. The third kappa shape index (κ3) is 6.43. The predicted molar refractivity (Wildman–Crippen MR) is 112 cm³/mol. The highest BCUT2D eigenvalue weighted by molar-refractivity contribution is 5.96. The van der Waals surface area contributed by atoms with Crippen LogP contribution in [0.5, 0.6) is 5.75 Å². The van der Waals surface area contributed by atoms with Gasteiger partial charge >= 0.3 is 5.97 Å². The third-order valence-electron chi connectivity index (χ3n) is 5.96. The number of carboxylic acid groups (broad SMARTS) is 1. The Bertz CT molecular complexity index is 852. The Morgan fingerprint density at radius 1 is 1.00 bits per heavy atom. The number of rotatable bonds is 10. The molecule has 6 N–H and O–H groups in total. The maximum absolute atomic E-state index is 13.0. The van der Waals surface area contributed by atoms with Crippen LogP contribution in [0.2, 0.25) is 0 Å². The summed E-state index contributed by atoms with van der Waals surface area (Å²) in [5.74, 6) is -2.88. The minimum Gasteiger partial charge on any atom is -0.508 e. The lowest BCUT2D eigenvalue weighted by Crippen LogP contribution is -2.54. The van der Waals surface area contributed by atoms with Crippen molar-refractivity contribution in [3.05, 3.63) is 29.8 Å². The molecule has 0 spiro atoms. The van der Waals surface area contributed by atoms with Gasteiger partial charge in [-0.15, -0.1) is 0 Å². The number of phenols is 1. The first kappa shape index (κ1) is 23.5. The number of carbonyl (C=O) groups is 4. The molecule has 1 aliphatic heterocycles. The monoisotopic (exact) mass is 447 g/mol. The van der Waals surface area contributed by atoms with E-state index in [1.165, 1.54) is 12.1 Å². The lowest BCUT2D eigenvalue weighted by atomic mass is 9.84. The van der Waals surface area contributed by atoms with Crippen molar-refractivity contribution >= 4 is 23.7 Å². The number of amides is 3. The van der Waals surface area contributed by atoms with Crippen LogP contribution in [0.1, 0.15) is 44.1 Å². The fourth-order valence-electron chi connectivity index (χ4n) is 4.10. The van der Waals surface area contributed by atoms with E-state index < -0.39 is 48.0 Å². The number of nitrogens with two attached hydrogens (primary N) is 1. The summed E-state index contributed by atoms with van der Waals surface area (Å²) in [5.41, 5.74) is 6.17. The van der Waals surface area contributed by atoms with E-state index in [9.17, 15) is 24.3 Å². The molecule has 174 valence electrons. The molecule has 0 bridgehead atoms. The topological polar surface area (TPSA) is 171 Å². The minimum absolute atomic E-state index is 0.0747. The van der Waals surface area contributed by atoms with E-state index in [0.717, 1.165) is 32.1 Å². The zero-order valence-corrected chi connectivity index (χ0v) is 17.7. The summed E-state index contributed by atoms with van der Waals surface area (Å²) >= 11 is 0. The normalized spacial score (nSPS) is 22.4. The average molecular weight is 447 g/mol. The summed E-state index contributed by atoms with van der Waals surface area (Å²) in [5, 5.41) is 23.6. The van der Waals surface area contributed by atoms with Gasteiger partial charge in [0.05, 0.1) is 0 Å². The molecule has 1 saturated carbocycles. The number of epoxide rings is 1. The van der Waals surface area contributed by atoms with Gasteiger partial charge in [-0.1, -0.05) is 44.2 Å². The minimum atomic E-state index is -1.24. The molecule has 4 atom stereocenters. The molecule has 0 unspecified atom stereocenters. The molecule has 3 rings (SSSR count). The van der Waals surface area contributed by atoms with Crippen molar-refractivity contribution in [1.82, 2.24) is 10.6 Å². The van der Waals surface area contributed by atoms with Crippen LogP contribution < -0.4 is 16.4 Å². The van der Waals surface area contributed by atoms with Crippen LogP contribution in [0.25, 0.3) is 0 Å². The Labute approximate surface area is 185 Å². The van der Waals surface area contributed by atoms with Gasteiger partial charge in [0.2, 0.25) is 11.8 Å². The number of primary amides is 1. The Balaban J connectivity index is 1.67. The number of hydrogen-bond acceptors (Lipinski definition) is 6. The van der Waals surface area contributed by atoms with Crippen LogP contribution in [0.15, 0.2) is 24.3 Å². The first-order valence-corrected chi connectivity index (χ1v) is 10.8. The summed E-state index contributed by atoms with van der Waals surface area (Å²) in [6, 6.07) is 4.23. The van der Waals surface area contributed by atoms with Gasteiger partial charge in [0.15, 0.2) is 12.2 Å². The van der Waals surface area contributed by atoms with E-state index in [-0.39, 0.29) is 18.1 Å². The molecule has 1 saturated heterocycles. The summed E-state index contributed by atoms with van der Waals surface area (Å²) in [6.45, 7) is 0. The highest BCUT2D eigenvalue weighted by atomic mass is 16.6. The average Bonchev–Trinajstić information content (AvgIpc) is 3.56. The number of benzene rings is 1. The molecule has 2 aliphatic rings. The second-order valence-electron chi connectivity index (χ2n) is 8.45. The lowest BCUT2D eigenvalue weighted by molar-refractivity contribution is -0.138. The van der Waals surface area contributed by atoms with Crippen LogP contribution in [0.3, 0.4) is 0 Å². The number of nitrogens with one attached hydrogen (secondary N) is 2. The molecule has 0 radical (unpaired) electrons. The smallest absolute Gasteiger partial charge is 0.336 e. The third-order valence-corrected chi connectivity index (χ3v) is 5.96. The predicted octanol–water partition coefficient (Wildman–Crippen LogP) is 0.212. The van der Waals surface area contributed by atoms with Gasteiger partial charge in [-0.2, -0.15) is 0 Å². The summed E-state index contributed by atoms with van der Waals surface area (Å²) in [4.78, 5) is 48.4. The molecule has 10 heteroatoms. The summed E-state index contributed by atoms with van der Waals surface area (Å²) in [7, 11) is 0. The van der Waals surface area contributed by atoms with Crippen molar-refractivity contribution in [2.24, 2.45) is 11.7 Å². The first-order chi connectivity index (χ1) is 15.2. The number of ether oxygens (including phenoxy) is 1. The fraction of sp³-hybridized carbons (Fsp3) is 0.545. The van der Waals surface area contributed by atoms with Crippen LogP contribution in [-0.4, -0.2) is 58.2 Å². The van der Waals surface area contributed by atoms with E-state index in [0.29, 0.717) is 12.0 Å². The quantitative estimate of drug-likeness (QED) is 0.319. The highest BCUT2D eigenvalue weighted by Crippen LogP contribution is 2.28. The van der Waals surface area contributed by atoms with Gasteiger partial charge in [0, 0.05) is 6.42 Å². The highest BCUT2D eigenvalue weighted by Gasteiger charge is 2.51. The second kappa shape index (κ2) is 10.4. The molecular formula is C22H29N3O7. The number of aromatic hydroxyl groups is 1. The molecular weight excluding hydrogens is 418 g/mol. The van der Waals surface area contributed by atoms with Gasteiger partial charge < -0.3 is 31.3 Å². The van der Waals surface area contributed by atoms with Gasteiger partial charge in [-0.25, -0.2) is 4.79 Å². The zero-order valence-electron chi connectivity index (χ0n) is 17.7. The Morgan fingerprint density at radius 2 is 1.66 bits per heavy atom. The molecule has 32 heavy (non-hydrogen) atoms. The van der Waals surface area contributed by atoms with E-state index in [1.54, 1.807) is 12.1 Å². The van der Waals surface area contributed by atoms with Crippen LogP contribution in [-0.2, 0) is 30.3 Å². The van der Waals surface area contributed by atoms with Crippen LogP contribution >= 0.6 is 0 Å². The molecule has 3 amide bonds. The van der Waals surface area contributed by atoms with Crippen molar-refractivity contribution in [3.63, 3.8) is 0 Å². The Morgan fingerprint density at radius 3 is 2.22 bits per heavy atom. The van der Waals surface area contributed by atoms with E-state index in [1.807, 2.05) is 0 Å². The zero-order chi connectivity index (χ0) is 23.3. The van der Waals surface area contributed by atoms with Crippen molar-refractivity contribution in [3.8, 4) is 5.75 Å². The lowest BCUT2D eigenvalue weighted by Gasteiger charge is -2.27. The number of phenolic OH excluding ortho intramolecular Hbond substituents is 1. The van der Waals surface area contributed by atoms with Gasteiger partial charge in [-0.3, -0.25) is 14.4 Å². The van der Waals surface area contributed by atoms with Crippen molar-refractivity contribution in [2.75, 3.05) is 0 Å². The fourth-order valence-corrected chi connectivity index (χ4v) is 4.10. The summed E-state index contributed by atoms with van der Waals surface area (Å²) < 4.78 is 4.88. The number of aliphatic carboxylic acids is 1. The van der Waals surface area contributed by atoms with E-state index >= 15 is 0 Å². The standard InChI is InChI=1S/C22H29N3O7/c23-19(27)15(10-13-6-8-14(26)9-7-13)24-20(28)16(11-12-4-2-1-3-5-12)25-21(29)17-18(32-17)22(30)31/h6-9,12,15-18,26H,1-5,10-11H2,(H2,23,27)(H,24,28)(H,25,29)(H,30,31)/t15-,16-,17+,18+/m0/s1. The van der Waals surface area contributed by atoms with Gasteiger partial charge in [0.1, 0.15) is 17.8 Å². The van der Waals surface area contributed by atoms with Crippen LogP contribution in [0.4, 0.5) is 0 Å². The molecule has 1 aliphatic carbocycles. The van der Waals surface area contributed by atoms with Crippen LogP contribution in [0, 0.1) is 5.92 Å². The maximum Gasteiger partial charge on any atom is 0.336 e. The number of hydrogen-bond donors (Lipinski definition) is 5. The molecule has 2 fully saturated rings. The molecule has 10 nitrogen and oxygen atoms in total. The molecule has 1 aromatic carbocycles. The maximum atomic E-state index is 13.0. The largest absolute Gasteiger partial charge is 0.508 e. The van der Waals surface area contributed by atoms with Gasteiger partial charge in [-0.05, 0) is 30.0 Å². The number of carbonyl (C=O) groups excluding carboxylic acids is 3. The Hall–Kier alpha value is -3.14. The van der Waals surface area contributed by atoms with Crippen molar-refractivity contribution in [1.29, 1.82) is 0 Å². The van der Waals surface area contributed by atoms with Crippen molar-refractivity contribution in [2.45, 2.75) is 69.2 Å². The molecule has 1 aromatic rings. The Kier molecular flexibility index (Phi) is 7.68. The number of carboxylic acids is 1. The van der Waals surface area contributed by atoms with E-state index in [2.05, 4.69) is 10.6 Å². The first-order valence-electron chi connectivity index (χ1n) is 10.8. The second-order valence-corrected chi connectivity index (χ2v) is 8.45. The molecule has 0 aromatic heterocycles. The molecule has 1 heterocycles.